The summed E-state index contributed by atoms with van der Waals surface area (Å²) in [6.07, 6.45) is 5.60. The topological polar surface area (TPSA) is 61.4 Å². The second-order valence-corrected chi connectivity index (χ2v) is 6.45. The zero-order valence-corrected chi connectivity index (χ0v) is 15.0. The van der Waals surface area contributed by atoms with E-state index < -0.39 is 0 Å². The lowest BCUT2D eigenvalue weighted by Gasteiger charge is -2.26. The lowest BCUT2D eigenvalue weighted by molar-refractivity contribution is -0.119. The molecule has 0 aromatic heterocycles. The van der Waals surface area contributed by atoms with E-state index in [9.17, 15) is 9.59 Å². The summed E-state index contributed by atoms with van der Waals surface area (Å²) in [5.41, 5.74) is 1.35. The van der Waals surface area contributed by atoms with Gasteiger partial charge in [0.15, 0.2) is 5.11 Å². The zero-order valence-electron chi connectivity index (χ0n) is 14.1. The first-order valence-electron chi connectivity index (χ1n) is 8.60. The van der Waals surface area contributed by atoms with E-state index in [0.29, 0.717) is 17.7 Å². The van der Waals surface area contributed by atoms with Crippen LogP contribution in [-0.2, 0) is 4.79 Å². The van der Waals surface area contributed by atoms with Gasteiger partial charge in [0.25, 0.3) is 5.91 Å². The van der Waals surface area contributed by atoms with Gasteiger partial charge in [0.2, 0.25) is 5.91 Å². The standard InChI is InChI=1S/C18H25N3O2S/c1-2-3-10-16(22)20-18(24)19-15-9-7-8-14(13-15)17(23)21-11-5-4-6-12-21/h7-9,13H,2-6,10-12H2,1H3,(H2,19,20,22,24). The van der Waals surface area contributed by atoms with Crippen LogP contribution < -0.4 is 10.6 Å². The Labute approximate surface area is 148 Å². The number of likely N-dealkylation sites (tertiary alicyclic amines) is 1. The first-order valence-corrected chi connectivity index (χ1v) is 9.01. The lowest BCUT2D eigenvalue weighted by atomic mass is 10.1. The summed E-state index contributed by atoms with van der Waals surface area (Å²) in [5.74, 6) is -0.0360. The van der Waals surface area contributed by atoms with Gasteiger partial charge in [-0.2, -0.15) is 0 Å². The lowest BCUT2D eigenvalue weighted by Crippen LogP contribution is -2.36. The normalized spacial score (nSPS) is 14.1. The summed E-state index contributed by atoms with van der Waals surface area (Å²) >= 11 is 5.16. The van der Waals surface area contributed by atoms with Crippen LogP contribution in [-0.4, -0.2) is 34.9 Å². The second-order valence-electron chi connectivity index (χ2n) is 6.04. The molecule has 0 unspecified atom stereocenters. The molecule has 2 N–H and O–H groups in total. The molecule has 0 aliphatic carbocycles. The Bertz CT molecular complexity index is 598. The second kappa shape index (κ2) is 9.37. The van der Waals surface area contributed by atoms with Crippen LogP contribution in [0.15, 0.2) is 24.3 Å². The Hall–Kier alpha value is -1.95. The molecule has 2 amide bonds. The number of carbonyl (C=O) groups is 2. The molecule has 6 heteroatoms. The highest BCUT2D eigenvalue weighted by molar-refractivity contribution is 7.80. The summed E-state index contributed by atoms with van der Waals surface area (Å²) in [4.78, 5) is 26.1. The van der Waals surface area contributed by atoms with E-state index in [1.165, 1.54) is 6.42 Å². The largest absolute Gasteiger partial charge is 0.339 e. The molecule has 2 rings (SSSR count). The van der Waals surface area contributed by atoms with Crippen molar-refractivity contribution in [1.82, 2.24) is 10.2 Å². The third-order valence-electron chi connectivity index (χ3n) is 4.02. The molecular formula is C18H25N3O2S. The minimum atomic E-state index is -0.0881. The molecule has 0 saturated carbocycles. The summed E-state index contributed by atoms with van der Waals surface area (Å²) in [6, 6.07) is 7.24. The Balaban J connectivity index is 1.93. The van der Waals surface area contributed by atoms with Gasteiger partial charge < -0.3 is 15.5 Å². The van der Waals surface area contributed by atoms with Crippen molar-refractivity contribution in [2.24, 2.45) is 0 Å². The maximum atomic E-state index is 12.5. The fraction of sp³-hybridized carbons (Fsp3) is 0.500. The van der Waals surface area contributed by atoms with Crippen LogP contribution in [0, 0.1) is 0 Å². The number of hydrogen-bond donors (Lipinski definition) is 2. The minimum absolute atomic E-state index is 0.0521. The van der Waals surface area contributed by atoms with E-state index in [2.05, 4.69) is 10.6 Å². The average molecular weight is 347 g/mol. The number of benzene rings is 1. The van der Waals surface area contributed by atoms with E-state index in [4.69, 9.17) is 12.2 Å². The third kappa shape index (κ3) is 5.60. The van der Waals surface area contributed by atoms with Crippen molar-refractivity contribution in [1.29, 1.82) is 0 Å². The molecule has 0 atom stereocenters. The highest BCUT2D eigenvalue weighted by Gasteiger charge is 2.18. The van der Waals surface area contributed by atoms with Gasteiger partial charge >= 0.3 is 0 Å². The van der Waals surface area contributed by atoms with E-state index in [1.54, 1.807) is 6.07 Å². The Morgan fingerprint density at radius 3 is 2.67 bits per heavy atom. The third-order valence-corrected chi connectivity index (χ3v) is 4.23. The van der Waals surface area contributed by atoms with Gasteiger partial charge in [0.05, 0.1) is 0 Å². The Kier molecular flexibility index (Phi) is 7.18. The highest BCUT2D eigenvalue weighted by Crippen LogP contribution is 2.16. The monoisotopic (exact) mass is 347 g/mol. The quantitative estimate of drug-likeness (QED) is 0.802. The van der Waals surface area contributed by atoms with E-state index in [1.807, 2.05) is 30.0 Å². The number of nitrogens with zero attached hydrogens (tertiary/aromatic N) is 1. The number of anilines is 1. The van der Waals surface area contributed by atoms with E-state index >= 15 is 0 Å². The number of nitrogens with one attached hydrogen (secondary N) is 2. The smallest absolute Gasteiger partial charge is 0.253 e. The summed E-state index contributed by atoms with van der Waals surface area (Å²) in [5, 5.41) is 5.90. The molecule has 130 valence electrons. The van der Waals surface area contributed by atoms with Crippen LogP contribution in [0.3, 0.4) is 0 Å². The molecule has 0 bridgehead atoms. The van der Waals surface area contributed by atoms with Crippen molar-refractivity contribution in [3.63, 3.8) is 0 Å². The number of rotatable bonds is 5. The molecule has 0 spiro atoms. The number of carbonyl (C=O) groups excluding carboxylic acids is 2. The zero-order chi connectivity index (χ0) is 17.4. The summed E-state index contributed by atoms with van der Waals surface area (Å²) in [6.45, 7) is 3.68. The molecule has 1 aliphatic heterocycles. The van der Waals surface area contributed by atoms with Gasteiger partial charge in [-0.15, -0.1) is 0 Å². The van der Waals surface area contributed by atoms with Gasteiger partial charge in [-0.25, -0.2) is 0 Å². The molecule has 1 aromatic rings. The van der Waals surface area contributed by atoms with Crippen molar-refractivity contribution in [2.45, 2.75) is 45.4 Å². The maximum Gasteiger partial charge on any atom is 0.253 e. The Morgan fingerprint density at radius 1 is 1.21 bits per heavy atom. The van der Waals surface area contributed by atoms with Crippen molar-refractivity contribution in [3.8, 4) is 0 Å². The van der Waals surface area contributed by atoms with Crippen LogP contribution in [0.4, 0.5) is 5.69 Å². The molecule has 1 heterocycles. The maximum absolute atomic E-state index is 12.5. The van der Waals surface area contributed by atoms with Gasteiger partial charge in [-0.1, -0.05) is 19.4 Å². The number of piperidine rings is 1. The molecule has 24 heavy (non-hydrogen) atoms. The van der Waals surface area contributed by atoms with Gasteiger partial charge in [0.1, 0.15) is 0 Å². The SMILES string of the molecule is CCCCC(=O)NC(=S)Nc1cccc(C(=O)N2CCCCC2)c1. The van der Waals surface area contributed by atoms with Crippen LogP contribution in [0.2, 0.25) is 0 Å². The van der Waals surface area contributed by atoms with Gasteiger partial charge in [-0.3, -0.25) is 9.59 Å². The fourth-order valence-corrected chi connectivity index (χ4v) is 2.93. The van der Waals surface area contributed by atoms with Crippen molar-refractivity contribution >= 4 is 34.8 Å². The summed E-state index contributed by atoms with van der Waals surface area (Å²) < 4.78 is 0. The first kappa shape index (κ1) is 18.4. The van der Waals surface area contributed by atoms with Crippen molar-refractivity contribution < 1.29 is 9.59 Å². The number of thiocarbonyl (C=S) groups is 1. The van der Waals surface area contributed by atoms with Crippen LogP contribution in [0.1, 0.15) is 55.8 Å². The minimum Gasteiger partial charge on any atom is -0.339 e. The molecule has 0 radical (unpaired) electrons. The predicted molar refractivity (Wildman–Crippen MR) is 100 cm³/mol. The van der Waals surface area contributed by atoms with Crippen molar-refractivity contribution in [2.75, 3.05) is 18.4 Å². The molecule has 1 saturated heterocycles. The predicted octanol–water partition coefficient (Wildman–Crippen LogP) is 3.32. The van der Waals surface area contributed by atoms with Crippen LogP contribution in [0.5, 0.6) is 0 Å². The van der Waals surface area contributed by atoms with Gasteiger partial charge in [-0.05, 0) is 56.1 Å². The number of unbranched alkanes of at least 4 members (excludes halogenated alkanes) is 1. The van der Waals surface area contributed by atoms with Crippen LogP contribution in [0.25, 0.3) is 0 Å². The molecular weight excluding hydrogens is 322 g/mol. The van der Waals surface area contributed by atoms with Crippen molar-refractivity contribution in [3.05, 3.63) is 29.8 Å². The van der Waals surface area contributed by atoms with Crippen LogP contribution >= 0.6 is 12.2 Å². The van der Waals surface area contributed by atoms with E-state index in [-0.39, 0.29) is 16.9 Å². The van der Waals surface area contributed by atoms with E-state index in [0.717, 1.165) is 38.8 Å². The van der Waals surface area contributed by atoms with Gasteiger partial charge in [0, 0.05) is 30.8 Å². The number of amides is 2. The summed E-state index contributed by atoms with van der Waals surface area (Å²) in [7, 11) is 0. The average Bonchev–Trinajstić information content (AvgIpc) is 2.60. The molecule has 5 nitrogen and oxygen atoms in total. The molecule has 1 aromatic carbocycles. The fourth-order valence-electron chi connectivity index (χ4n) is 2.70. The molecule has 1 fully saturated rings. The highest BCUT2D eigenvalue weighted by atomic mass is 32.1. The Morgan fingerprint density at radius 2 is 1.96 bits per heavy atom. The molecule has 1 aliphatic rings. The number of hydrogen-bond acceptors (Lipinski definition) is 3. The first-order chi connectivity index (χ1) is 11.6.